The molecule has 11 heteroatoms. The number of carbonyl (C=O) groups is 1. The lowest BCUT2D eigenvalue weighted by Crippen LogP contribution is -2.36. The zero-order valence-corrected chi connectivity index (χ0v) is 16.6. The highest BCUT2D eigenvalue weighted by Gasteiger charge is 2.31. The summed E-state index contributed by atoms with van der Waals surface area (Å²) in [5.41, 5.74) is 1.45. The molecular weight excluding hydrogens is 465 g/mol. The molecule has 0 aliphatic rings. The van der Waals surface area contributed by atoms with Gasteiger partial charge in [0.2, 0.25) is 0 Å². The van der Waals surface area contributed by atoms with Gasteiger partial charge in [0.1, 0.15) is 16.8 Å². The molecule has 0 spiro atoms. The zero-order valence-electron chi connectivity index (χ0n) is 14.3. The number of hydrogen-bond donors (Lipinski definition) is 1. The van der Waals surface area contributed by atoms with E-state index in [0.717, 1.165) is 12.1 Å². The quantitative estimate of drug-likeness (QED) is 0.585. The molecule has 1 amide bonds. The molecule has 3 rings (SSSR count). The Morgan fingerprint density at radius 1 is 1.25 bits per heavy atom. The average Bonchev–Trinajstić information content (AvgIpc) is 3.00. The third-order valence-electron chi connectivity index (χ3n) is 3.65. The Kier molecular flexibility index (Phi) is 5.80. The Morgan fingerprint density at radius 2 is 1.93 bits per heavy atom. The van der Waals surface area contributed by atoms with Gasteiger partial charge in [-0.2, -0.15) is 15.0 Å². The minimum Gasteiger partial charge on any atom is -0.406 e. The van der Waals surface area contributed by atoms with E-state index in [9.17, 15) is 18.0 Å². The van der Waals surface area contributed by atoms with Crippen molar-refractivity contribution in [2.75, 3.05) is 0 Å². The van der Waals surface area contributed by atoms with Gasteiger partial charge in [0.25, 0.3) is 5.91 Å². The van der Waals surface area contributed by atoms with E-state index >= 15 is 0 Å². The summed E-state index contributed by atoms with van der Waals surface area (Å²) in [4.78, 5) is 13.7. The number of fused-ring (bicyclic) bond motifs is 1. The highest BCUT2D eigenvalue weighted by Crippen LogP contribution is 2.28. The molecule has 1 atom stereocenters. The van der Waals surface area contributed by atoms with Gasteiger partial charge in [-0.1, -0.05) is 11.6 Å². The van der Waals surface area contributed by atoms with Crippen LogP contribution >= 0.6 is 27.5 Å². The Morgan fingerprint density at radius 3 is 2.57 bits per heavy atom. The Bertz CT molecular complexity index is 1010. The fraction of sp³-hybridized carbons (Fsp3) is 0.235. The molecule has 0 bridgehead atoms. The van der Waals surface area contributed by atoms with Crippen molar-refractivity contribution in [2.24, 2.45) is 0 Å². The first kappa shape index (κ1) is 20.4. The van der Waals surface area contributed by atoms with Gasteiger partial charge in [-0.05, 0) is 59.3 Å². The fourth-order valence-electron chi connectivity index (χ4n) is 2.46. The molecule has 6 nitrogen and oxygen atoms in total. The van der Waals surface area contributed by atoms with E-state index in [1.807, 2.05) is 0 Å². The van der Waals surface area contributed by atoms with Gasteiger partial charge in [-0.25, -0.2) is 0 Å². The van der Waals surface area contributed by atoms with E-state index in [0.29, 0.717) is 27.1 Å². The van der Waals surface area contributed by atoms with Gasteiger partial charge in [0, 0.05) is 11.6 Å². The van der Waals surface area contributed by atoms with Crippen LogP contribution in [-0.4, -0.2) is 33.3 Å². The molecule has 0 aliphatic carbocycles. The normalized spacial score (nSPS) is 12.8. The highest BCUT2D eigenvalue weighted by molar-refractivity contribution is 9.10. The number of carbonyl (C=O) groups excluding carboxylic acids is 1. The molecule has 28 heavy (non-hydrogen) atoms. The minimum absolute atomic E-state index is 0.203. The summed E-state index contributed by atoms with van der Waals surface area (Å²) in [6, 6.07) is 7.76. The molecule has 1 N–H and O–H groups in total. The number of hydrogen-bond acceptors (Lipinski definition) is 4. The molecule has 0 saturated carbocycles. The van der Waals surface area contributed by atoms with Crippen molar-refractivity contribution in [3.63, 3.8) is 0 Å². The zero-order chi connectivity index (χ0) is 20.5. The number of amides is 1. The first-order chi connectivity index (χ1) is 13.1. The topological polar surface area (TPSA) is 69.0 Å². The smallest absolute Gasteiger partial charge is 0.406 e. The molecule has 1 heterocycles. The second kappa shape index (κ2) is 7.96. The van der Waals surface area contributed by atoms with E-state index in [1.165, 1.54) is 16.9 Å². The van der Waals surface area contributed by atoms with Crippen molar-refractivity contribution in [2.45, 2.75) is 25.9 Å². The van der Waals surface area contributed by atoms with Gasteiger partial charge < -0.3 is 10.1 Å². The second-order valence-corrected chi connectivity index (χ2v) is 7.13. The van der Waals surface area contributed by atoms with Crippen molar-refractivity contribution >= 4 is 44.5 Å². The summed E-state index contributed by atoms with van der Waals surface area (Å²) in [6.07, 6.45) is -4.78. The minimum atomic E-state index is -4.78. The number of nitrogens with one attached hydrogen (secondary N) is 1. The van der Waals surface area contributed by atoms with E-state index < -0.39 is 18.0 Å². The Balaban J connectivity index is 1.63. The maximum Gasteiger partial charge on any atom is 0.573 e. The maximum atomic E-state index is 12.3. The molecule has 0 aliphatic heterocycles. The molecule has 0 fully saturated rings. The van der Waals surface area contributed by atoms with Crippen LogP contribution in [0.15, 0.2) is 40.9 Å². The van der Waals surface area contributed by atoms with Crippen molar-refractivity contribution in [3.05, 3.63) is 51.5 Å². The van der Waals surface area contributed by atoms with Crippen molar-refractivity contribution in [1.82, 2.24) is 20.3 Å². The predicted molar refractivity (Wildman–Crippen MR) is 100 cm³/mol. The number of alkyl halides is 3. The van der Waals surface area contributed by atoms with Crippen LogP contribution in [0.4, 0.5) is 13.2 Å². The van der Waals surface area contributed by atoms with Crippen LogP contribution in [0.5, 0.6) is 5.75 Å². The van der Waals surface area contributed by atoms with Gasteiger partial charge in [0.15, 0.2) is 0 Å². The molecule has 1 unspecified atom stereocenters. The lowest BCUT2D eigenvalue weighted by molar-refractivity contribution is -0.274. The van der Waals surface area contributed by atoms with Crippen LogP contribution in [0, 0.1) is 0 Å². The number of aromatic nitrogens is 3. The van der Waals surface area contributed by atoms with Crippen LogP contribution in [0.25, 0.3) is 11.0 Å². The summed E-state index contributed by atoms with van der Waals surface area (Å²) in [5, 5.41) is 11.9. The van der Waals surface area contributed by atoms with Crippen LogP contribution in [0.1, 0.15) is 17.3 Å². The Hall–Kier alpha value is -2.33. The molecule has 3 aromatic rings. The van der Waals surface area contributed by atoms with Crippen molar-refractivity contribution < 1.29 is 22.7 Å². The molecule has 0 saturated heterocycles. The number of halogens is 5. The van der Waals surface area contributed by atoms with Crippen LogP contribution in [0.3, 0.4) is 0 Å². The number of benzene rings is 2. The summed E-state index contributed by atoms with van der Waals surface area (Å²) in [7, 11) is 0. The summed E-state index contributed by atoms with van der Waals surface area (Å²) in [5.74, 6) is -0.833. The van der Waals surface area contributed by atoms with Gasteiger partial charge in [0.05, 0.1) is 16.0 Å². The van der Waals surface area contributed by atoms with Crippen molar-refractivity contribution in [1.29, 1.82) is 0 Å². The largest absolute Gasteiger partial charge is 0.573 e. The molecule has 0 radical (unpaired) electrons. The predicted octanol–water partition coefficient (Wildman–Crippen LogP) is 4.56. The monoisotopic (exact) mass is 476 g/mol. The third kappa shape index (κ3) is 4.93. The highest BCUT2D eigenvalue weighted by atomic mass is 79.9. The summed E-state index contributed by atoms with van der Waals surface area (Å²) in [6.45, 7) is 2.05. The standard InChI is InChI=1S/C17H13BrClF3N4O2/c1-9(8-26-24-13-7-6-12(19)14(18)15(13)25-26)23-16(27)10-2-4-11(5-3-10)28-17(20,21)22/h2-7,9H,8H2,1H3,(H,23,27). The molecule has 148 valence electrons. The maximum absolute atomic E-state index is 12.3. The lowest BCUT2D eigenvalue weighted by Gasteiger charge is -2.13. The average molecular weight is 478 g/mol. The SMILES string of the molecule is CC(Cn1nc2ccc(Cl)c(Br)c2n1)NC(=O)c1ccc(OC(F)(F)F)cc1. The van der Waals surface area contributed by atoms with Crippen molar-refractivity contribution in [3.8, 4) is 5.75 Å². The number of ether oxygens (including phenoxy) is 1. The second-order valence-electron chi connectivity index (χ2n) is 5.93. The molecular formula is C17H13BrClF3N4O2. The number of rotatable bonds is 5. The first-order valence-corrected chi connectivity index (χ1v) is 9.15. The lowest BCUT2D eigenvalue weighted by atomic mass is 10.2. The van der Waals surface area contributed by atoms with Crippen LogP contribution in [0.2, 0.25) is 5.02 Å². The number of nitrogens with zero attached hydrogens (tertiary/aromatic N) is 3. The van der Waals surface area contributed by atoms with Gasteiger partial charge >= 0.3 is 6.36 Å². The van der Waals surface area contributed by atoms with E-state index in [1.54, 1.807) is 19.1 Å². The van der Waals surface area contributed by atoms with Crippen LogP contribution < -0.4 is 10.1 Å². The Labute approximate surface area is 170 Å². The summed E-state index contributed by atoms with van der Waals surface area (Å²) < 4.78 is 40.9. The summed E-state index contributed by atoms with van der Waals surface area (Å²) >= 11 is 9.39. The fourth-order valence-corrected chi connectivity index (χ4v) is 3.02. The third-order valence-corrected chi connectivity index (χ3v) is 5.00. The van der Waals surface area contributed by atoms with E-state index in [4.69, 9.17) is 11.6 Å². The first-order valence-electron chi connectivity index (χ1n) is 7.98. The van der Waals surface area contributed by atoms with Gasteiger partial charge in [-0.15, -0.1) is 13.2 Å². The van der Waals surface area contributed by atoms with Crippen LogP contribution in [-0.2, 0) is 6.54 Å². The molecule has 1 aromatic heterocycles. The van der Waals surface area contributed by atoms with Gasteiger partial charge in [-0.3, -0.25) is 4.79 Å². The van der Waals surface area contributed by atoms with E-state index in [2.05, 4.69) is 36.2 Å². The molecule has 2 aromatic carbocycles. The van der Waals surface area contributed by atoms with E-state index in [-0.39, 0.29) is 11.6 Å².